The molecule has 0 aliphatic heterocycles. The molecule has 0 radical (unpaired) electrons. The van der Waals surface area contributed by atoms with E-state index in [1.807, 2.05) is 0 Å². The summed E-state index contributed by atoms with van der Waals surface area (Å²) >= 11 is 0. The van der Waals surface area contributed by atoms with Crippen molar-refractivity contribution >= 4 is 7.92 Å². The Bertz CT molecular complexity index is 66.8. The summed E-state index contributed by atoms with van der Waals surface area (Å²) in [5.41, 5.74) is 0. The molecule has 0 aliphatic rings. The van der Waals surface area contributed by atoms with Crippen LogP contribution in [0, 0.1) is 11.8 Å². The Morgan fingerprint density at radius 1 is 0.900 bits per heavy atom. The van der Waals surface area contributed by atoms with E-state index in [9.17, 15) is 0 Å². The molecule has 0 rings (SSSR count). The van der Waals surface area contributed by atoms with Gasteiger partial charge in [0, 0.05) is 0 Å². The minimum atomic E-state index is 0.341. The fourth-order valence-corrected chi connectivity index (χ4v) is 3.96. The molecule has 0 nitrogen and oxygen atoms in total. The molecule has 0 N–H and O–H groups in total. The molecule has 0 aliphatic carbocycles. The van der Waals surface area contributed by atoms with Gasteiger partial charge in [-0.3, -0.25) is 0 Å². The second-order valence-electron chi connectivity index (χ2n) is 4.01. The summed E-state index contributed by atoms with van der Waals surface area (Å²) in [7, 11) is 0.341. The minimum absolute atomic E-state index is 0.341. The molecular formula is C9H21P. The van der Waals surface area contributed by atoms with E-state index in [0.717, 1.165) is 11.8 Å². The Labute approximate surface area is 67.2 Å². The standard InChI is InChI=1S/C9H21P/c1-8(2)6-10(5)7-9(3)4/h8-9H,6-7H2,1-5H3. The molecule has 0 atom stereocenters. The maximum atomic E-state index is 2.43. The molecule has 0 saturated heterocycles. The SMILES string of the molecule is CC(C)CP(C)CC(C)C. The van der Waals surface area contributed by atoms with Crippen molar-refractivity contribution in [1.82, 2.24) is 0 Å². The smallest absolute Gasteiger partial charge is 0.0305 e. The topological polar surface area (TPSA) is 0 Å². The molecule has 10 heavy (non-hydrogen) atoms. The van der Waals surface area contributed by atoms with E-state index in [1.54, 1.807) is 0 Å². The zero-order valence-corrected chi connectivity index (χ0v) is 8.91. The van der Waals surface area contributed by atoms with Gasteiger partial charge in [-0.2, -0.15) is 0 Å². The second kappa shape index (κ2) is 5.13. The van der Waals surface area contributed by atoms with Crippen LogP contribution in [-0.2, 0) is 0 Å². The largest absolute Gasteiger partial charge is 0.109 e. The van der Waals surface area contributed by atoms with E-state index in [2.05, 4.69) is 34.4 Å². The van der Waals surface area contributed by atoms with Crippen molar-refractivity contribution in [2.75, 3.05) is 19.0 Å². The predicted molar refractivity (Wildman–Crippen MR) is 52.3 cm³/mol. The lowest BCUT2D eigenvalue weighted by Gasteiger charge is -2.16. The number of hydrogen-bond acceptors (Lipinski definition) is 0. The maximum Gasteiger partial charge on any atom is -0.0305 e. The number of hydrogen-bond donors (Lipinski definition) is 0. The van der Waals surface area contributed by atoms with E-state index in [-0.39, 0.29) is 0 Å². The Hall–Kier alpha value is 0.430. The average molecular weight is 160 g/mol. The van der Waals surface area contributed by atoms with Crippen molar-refractivity contribution in [2.45, 2.75) is 27.7 Å². The highest BCUT2D eigenvalue weighted by atomic mass is 31.1. The van der Waals surface area contributed by atoms with E-state index < -0.39 is 0 Å². The molecule has 0 bridgehead atoms. The highest BCUT2D eigenvalue weighted by Gasteiger charge is 2.05. The fraction of sp³-hybridized carbons (Fsp3) is 1.00. The van der Waals surface area contributed by atoms with Crippen molar-refractivity contribution in [3.05, 3.63) is 0 Å². The van der Waals surface area contributed by atoms with Crippen LogP contribution in [0.15, 0.2) is 0 Å². The molecule has 0 aromatic carbocycles. The van der Waals surface area contributed by atoms with Crippen molar-refractivity contribution in [2.24, 2.45) is 11.8 Å². The molecule has 0 unspecified atom stereocenters. The molecule has 0 spiro atoms. The Kier molecular flexibility index (Phi) is 5.35. The maximum absolute atomic E-state index is 2.43. The Morgan fingerprint density at radius 2 is 1.20 bits per heavy atom. The molecule has 0 saturated carbocycles. The minimum Gasteiger partial charge on any atom is -0.109 e. The van der Waals surface area contributed by atoms with Gasteiger partial charge in [-0.25, -0.2) is 0 Å². The summed E-state index contributed by atoms with van der Waals surface area (Å²) in [6.07, 6.45) is 2.90. The van der Waals surface area contributed by atoms with E-state index in [0.29, 0.717) is 7.92 Å². The predicted octanol–water partition coefficient (Wildman–Crippen LogP) is 3.41. The van der Waals surface area contributed by atoms with Crippen LogP contribution in [0.5, 0.6) is 0 Å². The third-order valence-corrected chi connectivity index (χ3v) is 4.06. The molecule has 0 aromatic heterocycles. The summed E-state index contributed by atoms with van der Waals surface area (Å²) in [4.78, 5) is 0. The molecule has 62 valence electrons. The first-order valence-corrected chi connectivity index (χ1v) is 6.36. The third kappa shape index (κ3) is 6.55. The normalized spacial score (nSPS) is 12.0. The highest BCUT2D eigenvalue weighted by molar-refractivity contribution is 7.56. The summed E-state index contributed by atoms with van der Waals surface area (Å²) in [5, 5.41) is 0. The lowest BCUT2D eigenvalue weighted by molar-refractivity contribution is 0.720. The van der Waals surface area contributed by atoms with Gasteiger partial charge in [-0.1, -0.05) is 27.7 Å². The van der Waals surface area contributed by atoms with Crippen LogP contribution < -0.4 is 0 Å². The van der Waals surface area contributed by atoms with Gasteiger partial charge in [0.2, 0.25) is 0 Å². The van der Waals surface area contributed by atoms with E-state index >= 15 is 0 Å². The van der Waals surface area contributed by atoms with Crippen LogP contribution in [0.25, 0.3) is 0 Å². The van der Waals surface area contributed by atoms with Crippen LogP contribution >= 0.6 is 7.92 Å². The van der Waals surface area contributed by atoms with Gasteiger partial charge in [-0.15, -0.1) is 7.92 Å². The van der Waals surface area contributed by atoms with Gasteiger partial charge in [0.05, 0.1) is 0 Å². The zero-order chi connectivity index (χ0) is 8.15. The van der Waals surface area contributed by atoms with Crippen LogP contribution in [-0.4, -0.2) is 19.0 Å². The van der Waals surface area contributed by atoms with Gasteiger partial charge in [-0.05, 0) is 30.8 Å². The first-order valence-electron chi connectivity index (χ1n) is 4.21. The zero-order valence-electron chi connectivity index (χ0n) is 8.02. The van der Waals surface area contributed by atoms with Crippen LogP contribution in [0.3, 0.4) is 0 Å². The van der Waals surface area contributed by atoms with Crippen molar-refractivity contribution in [1.29, 1.82) is 0 Å². The van der Waals surface area contributed by atoms with E-state index in [4.69, 9.17) is 0 Å². The van der Waals surface area contributed by atoms with Gasteiger partial charge < -0.3 is 0 Å². The first-order chi connectivity index (χ1) is 4.52. The summed E-state index contributed by atoms with van der Waals surface area (Å²) in [5.74, 6) is 1.80. The molecule has 1 heteroatoms. The van der Waals surface area contributed by atoms with Crippen LogP contribution in [0.4, 0.5) is 0 Å². The summed E-state index contributed by atoms with van der Waals surface area (Å²) < 4.78 is 0. The highest BCUT2D eigenvalue weighted by Crippen LogP contribution is 2.34. The lowest BCUT2D eigenvalue weighted by atomic mass is 10.3. The third-order valence-electron chi connectivity index (χ3n) is 1.35. The second-order valence-corrected chi connectivity index (χ2v) is 6.45. The van der Waals surface area contributed by atoms with Crippen molar-refractivity contribution in [3.63, 3.8) is 0 Å². The Morgan fingerprint density at radius 3 is 1.40 bits per heavy atom. The van der Waals surface area contributed by atoms with Gasteiger partial charge in [0.25, 0.3) is 0 Å². The molecule has 0 aromatic rings. The summed E-state index contributed by atoms with van der Waals surface area (Å²) in [6, 6.07) is 0. The fourth-order valence-electron chi connectivity index (χ4n) is 1.32. The van der Waals surface area contributed by atoms with Crippen molar-refractivity contribution in [3.8, 4) is 0 Å². The first kappa shape index (κ1) is 10.4. The molecule has 0 heterocycles. The molecular weight excluding hydrogens is 139 g/mol. The van der Waals surface area contributed by atoms with Gasteiger partial charge in [0.1, 0.15) is 0 Å². The van der Waals surface area contributed by atoms with Gasteiger partial charge >= 0.3 is 0 Å². The average Bonchev–Trinajstić information content (AvgIpc) is 1.58. The summed E-state index contributed by atoms with van der Waals surface area (Å²) in [6.45, 7) is 11.7. The number of rotatable bonds is 4. The lowest BCUT2D eigenvalue weighted by Crippen LogP contribution is -2.00. The van der Waals surface area contributed by atoms with E-state index in [1.165, 1.54) is 12.3 Å². The monoisotopic (exact) mass is 160 g/mol. The Balaban J connectivity index is 3.34. The molecule has 0 fully saturated rings. The van der Waals surface area contributed by atoms with Crippen LogP contribution in [0.2, 0.25) is 0 Å². The van der Waals surface area contributed by atoms with Gasteiger partial charge in [0.15, 0.2) is 0 Å². The van der Waals surface area contributed by atoms with Crippen molar-refractivity contribution < 1.29 is 0 Å². The molecule has 0 amide bonds. The quantitative estimate of drug-likeness (QED) is 0.553. The van der Waals surface area contributed by atoms with Crippen LogP contribution in [0.1, 0.15) is 27.7 Å².